The van der Waals surface area contributed by atoms with Gasteiger partial charge in [-0.2, -0.15) is 0 Å². The highest BCUT2D eigenvalue weighted by molar-refractivity contribution is 5.06. The first-order chi connectivity index (χ1) is 16.5. The molecule has 0 saturated carbocycles. The Morgan fingerprint density at radius 1 is 0.833 bits per heavy atom. The molecule has 0 aliphatic carbocycles. The second-order valence-corrected chi connectivity index (χ2v) is 13.4. The van der Waals surface area contributed by atoms with Crippen molar-refractivity contribution >= 4 is 0 Å². The van der Waals surface area contributed by atoms with Gasteiger partial charge in [0.05, 0.1) is 52.4 Å². The molecule has 8 atom stereocenters. The highest BCUT2D eigenvalue weighted by Crippen LogP contribution is 2.48. The molecule has 0 aromatic carbocycles. The minimum atomic E-state index is -1.01. The molecule has 36 heavy (non-hydrogen) atoms. The lowest BCUT2D eigenvalue weighted by Crippen LogP contribution is -2.47. The minimum absolute atomic E-state index is 0.0317. The SMILES string of the molecule is CC(C)=CCC[C@@](C)(O)[C@@H]1CC[C@](C)([C@@H]2CC[C@@H]([C@@]3(C)CC[C@@H]([C@](C)(O)C/C=C/C(C)(C)O)O3)O2)O1. The molecular formula is C30H52O6. The standard InChI is InChI=1S/C30H52O6/c1-21(2)11-9-17-27(5,32)22-14-19-29(7,35-22)24-12-13-25(34-24)30(8)20-15-23(36-30)28(6,33)18-10-16-26(3,4)31/h10-11,16,22-25,31-33H,9,12-15,17-20H2,1-8H3/b16-10+/t22-,23-,24-,25-,27+,28+,29+,30+/m0/s1. The maximum absolute atomic E-state index is 11.1. The lowest BCUT2D eigenvalue weighted by Gasteiger charge is -2.38. The van der Waals surface area contributed by atoms with Crippen molar-refractivity contribution < 1.29 is 29.5 Å². The van der Waals surface area contributed by atoms with Crippen molar-refractivity contribution in [3.8, 4) is 0 Å². The van der Waals surface area contributed by atoms with Crippen LogP contribution in [0.15, 0.2) is 23.8 Å². The van der Waals surface area contributed by atoms with Gasteiger partial charge in [-0.3, -0.25) is 0 Å². The molecule has 3 heterocycles. The molecule has 0 radical (unpaired) electrons. The van der Waals surface area contributed by atoms with E-state index < -0.39 is 28.0 Å². The maximum atomic E-state index is 11.1. The zero-order chi connectivity index (χ0) is 27.0. The van der Waals surface area contributed by atoms with Gasteiger partial charge in [0.1, 0.15) is 0 Å². The molecule has 0 aromatic rings. The van der Waals surface area contributed by atoms with Crippen LogP contribution in [-0.4, -0.2) is 67.7 Å². The Morgan fingerprint density at radius 3 is 1.81 bits per heavy atom. The van der Waals surface area contributed by atoms with Crippen molar-refractivity contribution in [2.45, 2.75) is 166 Å². The molecule has 3 aliphatic rings. The van der Waals surface area contributed by atoms with Gasteiger partial charge >= 0.3 is 0 Å². The van der Waals surface area contributed by atoms with E-state index in [0.29, 0.717) is 12.8 Å². The Hall–Kier alpha value is -0.760. The van der Waals surface area contributed by atoms with Crippen LogP contribution in [0.3, 0.4) is 0 Å². The second kappa shape index (κ2) is 10.8. The molecule has 6 nitrogen and oxygen atoms in total. The third-order valence-electron chi connectivity index (χ3n) is 8.66. The Morgan fingerprint density at radius 2 is 1.33 bits per heavy atom. The lowest BCUT2D eigenvalue weighted by molar-refractivity contribution is -0.198. The first-order valence-corrected chi connectivity index (χ1v) is 14.0. The van der Waals surface area contributed by atoms with E-state index in [1.54, 1.807) is 19.9 Å². The summed E-state index contributed by atoms with van der Waals surface area (Å²) >= 11 is 0. The van der Waals surface area contributed by atoms with Gasteiger partial charge in [0.25, 0.3) is 0 Å². The van der Waals surface area contributed by atoms with Crippen LogP contribution in [0.2, 0.25) is 0 Å². The Bertz CT molecular complexity index is 805. The second-order valence-electron chi connectivity index (χ2n) is 13.4. The van der Waals surface area contributed by atoms with Crippen molar-refractivity contribution in [3.05, 3.63) is 23.8 Å². The number of aliphatic hydroxyl groups is 3. The molecule has 6 heteroatoms. The summed E-state index contributed by atoms with van der Waals surface area (Å²) < 4.78 is 19.7. The van der Waals surface area contributed by atoms with Crippen LogP contribution in [0.1, 0.15) is 113 Å². The summed E-state index contributed by atoms with van der Waals surface area (Å²) in [6, 6.07) is 0. The monoisotopic (exact) mass is 508 g/mol. The van der Waals surface area contributed by atoms with Gasteiger partial charge < -0.3 is 29.5 Å². The van der Waals surface area contributed by atoms with Crippen LogP contribution >= 0.6 is 0 Å². The molecule has 0 spiro atoms. The zero-order valence-electron chi connectivity index (χ0n) is 24.0. The van der Waals surface area contributed by atoms with E-state index in [4.69, 9.17) is 14.2 Å². The molecule has 0 aromatic heterocycles. The first kappa shape index (κ1) is 29.8. The molecule has 0 amide bonds. The van der Waals surface area contributed by atoms with Crippen molar-refractivity contribution in [3.63, 3.8) is 0 Å². The van der Waals surface area contributed by atoms with E-state index in [1.807, 2.05) is 19.9 Å². The third kappa shape index (κ3) is 7.21. The summed E-state index contributed by atoms with van der Waals surface area (Å²) in [7, 11) is 0. The highest BCUT2D eigenvalue weighted by atomic mass is 16.6. The number of allylic oxidation sites excluding steroid dienone is 2. The Balaban J connectivity index is 1.56. The van der Waals surface area contributed by atoms with Crippen molar-refractivity contribution in [1.82, 2.24) is 0 Å². The highest BCUT2D eigenvalue weighted by Gasteiger charge is 2.55. The average Bonchev–Trinajstić information content (AvgIpc) is 3.46. The van der Waals surface area contributed by atoms with Gasteiger partial charge in [-0.25, -0.2) is 0 Å². The summed E-state index contributed by atoms with van der Waals surface area (Å²) in [4.78, 5) is 0. The maximum Gasteiger partial charge on any atom is 0.0921 e. The summed E-state index contributed by atoms with van der Waals surface area (Å²) in [6.45, 7) is 15.6. The zero-order valence-corrected chi connectivity index (χ0v) is 24.0. The topological polar surface area (TPSA) is 88.4 Å². The largest absolute Gasteiger partial charge is 0.387 e. The fourth-order valence-electron chi connectivity index (χ4n) is 6.14. The smallest absolute Gasteiger partial charge is 0.0921 e. The van der Waals surface area contributed by atoms with E-state index in [1.165, 1.54) is 5.57 Å². The predicted octanol–water partition coefficient (Wildman–Crippen LogP) is 5.38. The van der Waals surface area contributed by atoms with E-state index in [9.17, 15) is 15.3 Å². The van der Waals surface area contributed by atoms with Crippen LogP contribution in [0.5, 0.6) is 0 Å². The Kier molecular flexibility index (Phi) is 8.92. The van der Waals surface area contributed by atoms with Gasteiger partial charge in [-0.05, 0) is 113 Å². The number of hydrogen-bond donors (Lipinski definition) is 3. The van der Waals surface area contributed by atoms with Crippen LogP contribution in [0.25, 0.3) is 0 Å². The molecule has 3 N–H and O–H groups in total. The molecule has 3 aliphatic heterocycles. The number of ether oxygens (including phenoxy) is 3. The van der Waals surface area contributed by atoms with Crippen LogP contribution < -0.4 is 0 Å². The molecular weight excluding hydrogens is 456 g/mol. The lowest BCUT2D eigenvalue weighted by atomic mass is 9.88. The van der Waals surface area contributed by atoms with E-state index in [-0.39, 0.29) is 24.4 Å². The summed E-state index contributed by atoms with van der Waals surface area (Å²) in [5.41, 5.74) is -2.37. The molecule has 3 saturated heterocycles. The Labute approximate surface area is 219 Å². The molecule has 0 bridgehead atoms. The third-order valence-corrected chi connectivity index (χ3v) is 8.66. The van der Waals surface area contributed by atoms with Gasteiger partial charge in [-0.15, -0.1) is 0 Å². The molecule has 3 rings (SSSR count). The van der Waals surface area contributed by atoms with E-state index in [0.717, 1.165) is 44.9 Å². The van der Waals surface area contributed by atoms with Crippen LogP contribution in [0.4, 0.5) is 0 Å². The van der Waals surface area contributed by atoms with Crippen molar-refractivity contribution in [1.29, 1.82) is 0 Å². The number of hydrogen-bond acceptors (Lipinski definition) is 6. The van der Waals surface area contributed by atoms with Crippen LogP contribution in [-0.2, 0) is 14.2 Å². The van der Waals surface area contributed by atoms with E-state index in [2.05, 4.69) is 33.8 Å². The fraction of sp³-hybridized carbons (Fsp3) is 0.867. The summed E-state index contributed by atoms with van der Waals surface area (Å²) in [5.74, 6) is 0. The summed E-state index contributed by atoms with van der Waals surface area (Å²) in [6.07, 6.45) is 12.2. The molecule has 3 fully saturated rings. The number of rotatable bonds is 10. The fourth-order valence-corrected chi connectivity index (χ4v) is 6.14. The molecule has 208 valence electrons. The summed E-state index contributed by atoms with van der Waals surface area (Å²) in [5, 5.41) is 32.1. The van der Waals surface area contributed by atoms with Gasteiger partial charge in [0.15, 0.2) is 0 Å². The first-order valence-electron chi connectivity index (χ1n) is 14.0. The van der Waals surface area contributed by atoms with Gasteiger partial charge in [0, 0.05) is 0 Å². The normalized spacial score (nSPS) is 38.9. The average molecular weight is 509 g/mol. The van der Waals surface area contributed by atoms with Gasteiger partial charge in [0.2, 0.25) is 0 Å². The quantitative estimate of drug-likeness (QED) is 0.344. The predicted molar refractivity (Wildman–Crippen MR) is 143 cm³/mol. The minimum Gasteiger partial charge on any atom is -0.387 e. The molecule has 0 unspecified atom stereocenters. The van der Waals surface area contributed by atoms with Crippen molar-refractivity contribution in [2.24, 2.45) is 0 Å². The van der Waals surface area contributed by atoms with Crippen molar-refractivity contribution in [2.75, 3.05) is 0 Å². The van der Waals surface area contributed by atoms with Gasteiger partial charge in [-0.1, -0.05) is 23.8 Å². The van der Waals surface area contributed by atoms with Crippen LogP contribution in [0, 0.1) is 0 Å². The van der Waals surface area contributed by atoms with E-state index >= 15 is 0 Å².